The first-order chi connectivity index (χ1) is 8.81. The van der Waals surface area contributed by atoms with Crippen molar-refractivity contribution in [3.8, 4) is 0 Å². The predicted molar refractivity (Wildman–Crippen MR) is 72.7 cm³/mol. The summed E-state index contributed by atoms with van der Waals surface area (Å²) in [6, 6.07) is 7.02. The SMILES string of the molecule is Brc1ccc2nc(N3C4COCC3C4)ncc2c1. The second kappa shape index (κ2) is 3.90. The van der Waals surface area contributed by atoms with Crippen LogP contribution < -0.4 is 4.90 Å². The van der Waals surface area contributed by atoms with Crippen molar-refractivity contribution in [3.05, 3.63) is 28.9 Å². The molecule has 2 aromatic rings. The van der Waals surface area contributed by atoms with Crippen molar-refractivity contribution in [1.82, 2.24) is 9.97 Å². The first-order valence-electron chi connectivity index (χ1n) is 6.10. The van der Waals surface area contributed by atoms with Gasteiger partial charge in [0.05, 0.1) is 30.8 Å². The summed E-state index contributed by atoms with van der Waals surface area (Å²) >= 11 is 3.46. The molecule has 2 aliphatic rings. The van der Waals surface area contributed by atoms with E-state index in [1.807, 2.05) is 24.4 Å². The van der Waals surface area contributed by atoms with Crippen LogP contribution in [-0.2, 0) is 4.74 Å². The van der Waals surface area contributed by atoms with E-state index < -0.39 is 0 Å². The summed E-state index contributed by atoms with van der Waals surface area (Å²) in [5.41, 5.74) is 0.995. The third kappa shape index (κ3) is 1.54. The molecule has 2 saturated heterocycles. The number of morpholine rings is 1. The fraction of sp³-hybridized carbons (Fsp3) is 0.385. The van der Waals surface area contributed by atoms with Gasteiger partial charge < -0.3 is 9.64 Å². The van der Waals surface area contributed by atoms with Crippen LogP contribution in [0.2, 0.25) is 0 Å². The van der Waals surface area contributed by atoms with Crippen molar-refractivity contribution in [3.63, 3.8) is 0 Å². The highest BCUT2D eigenvalue weighted by molar-refractivity contribution is 9.10. The molecule has 5 heteroatoms. The lowest BCUT2D eigenvalue weighted by Gasteiger charge is -2.52. The molecule has 0 saturated carbocycles. The zero-order chi connectivity index (χ0) is 12.1. The maximum absolute atomic E-state index is 5.48. The lowest BCUT2D eigenvalue weighted by Crippen LogP contribution is -2.64. The number of halogens is 1. The third-order valence-electron chi connectivity index (χ3n) is 3.71. The normalized spacial score (nSPS) is 26.2. The number of benzene rings is 1. The summed E-state index contributed by atoms with van der Waals surface area (Å²) in [4.78, 5) is 11.4. The van der Waals surface area contributed by atoms with Gasteiger partial charge in [-0.05, 0) is 24.6 Å². The summed E-state index contributed by atoms with van der Waals surface area (Å²) < 4.78 is 6.54. The molecule has 0 radical (unpaired) electrons. The van der Waals surface area contributed by atoms with Crippen LogP contribution in [0.25, 0.3) is 10.9 Å². The van der Waals surface area contributed by atoms with Crippen molar-refractivity contribution < 1.29 is 4.74 Å². The van der Waals surface area contributed by atoms with Crippen LogP contribution in [0.15, 0.2) is 28.9 Å². The van der Waals surface area contributed by atoms with Crippen molar-refractivity contribution >= 4 is 32.8 Å². The molecule has 18 heavy (non-hydrogen) atoms. The van der Waals surface area contributed by atoms with E-state index in [4.69, 9.17) is 4.74 Å². The number of ether oxygens (including phenoxy) is 1. The zero-order valence-electron chi connectivity index (χ0n) is 9.71. The number of anilines is 1. The van der Waals surface area contributed by atoms with Crippen LogP contribution in [0.1, 0.15) is 6.42 Å². The van der Waals surface area contributed by atoms with Crippen molar-refractivity contribution in [1.29, 1.82) is 0 Å². The molecule has 1 aromatic carbocycles. The molecule has 0 N–H and O–H groups in total. The monoisotopic (exact) mass is 305 g/mol. The largest absolute Gasteiger partial charge is 0.377 e. The second-order valence-electron chi connectivity index (χ2n) is 4.86. The molecule has 92 valence electrons. The van der Waals surface area contributed by atoms with Gasteiger partial charge in [-0.2, -0.15) is 0 Å². The van der Waals surface area contributed by atoms with Crippen molar-refractivity contribution in [2.45, 2.75) is 18.5 Å². The minimum Gasteiger partial charge on any atom is -0.377 e. The Balaban J connectivity index is 1.75. The van der Waals surface area contributed by atoms with E-state index in [9.17, 15) is 0 Å². The quantitative estimate of drug-likeness (QED) is 0.811. The lowest BCUT2D eigenvalue weighted by molar-refractivity contribution is 0.00911. The van der Waals surface area contributed by atoms with Gasteiger partial charge in [-0.1, -0.05) is 15.9 Å². The Labute approximate surface area is 113 Å². The van der Waals surface area contributed by atoms with E-state index in [-0.39, 0.29) is 0 Å². The highest BCUT2D eigenvalue weighted by Gasteiger charge is 2.43. The van der Waals surface area contributed by atoms with Gasteiger partial charge in [0.1, 0.15) is 0 Å². The topological polar surface area (TPSA) is 38.2 Å². The number of hydrogen-bond acceptors (Lipinski definition) is 4. The first kappa shape index (κ1) is 10.7. The van der Waals surface area contributed by atoms with Crippen LogP contribution in [0.4, 0.5) is 5.95 Å². The van der Waals surface area contributed by atoms with Gasteiger partial charge in [-0.25, -0.2) is 9.97 Å². The average Bonchev–Trinajstić information content (AvgIpc) is 2.40. The predicted octanol–water partition coefficient (Wildman–Crippen LogP) is 2.37. The van der Waals surface area contributed by atoms with E-state index >= 15 is 0 Å². The van der Waals surface area contributed by atoms with E-state index in [0.717, 1.165) is 34.5 Å². The van der Waals surface area contributed by atoms with E-state index in [0.29, 0.717) is 12.1 Å². The molecule has 3 heterocycles. The highest BCUT2D eigenvalue weighted by Crippen LogP contribution is 2.34. The Morgan fingerprint density at radius 2 is 2.11 bits per heavy atom. The minimum absolute atomic E-state index is 0.469. The van der Waals surface area contributed by atoms with Crippen LogP contribution in [0.3, 0.4) is 0 Å². The van der Waals surface area contributed by atoms with Crippen LogP contribution in [0, 0.1) is 0 Å². The van der Waals surface area contributed by atoms with Gasteiger partial charge in [0.15, 0.2) is 0 Å². The highest BCUT2D eigenvalue weighted by atomic mass is 79.9. The molecular weight excluding hydrogens is 294 g/mol. The maximum Gasteiger partial charge on any atom is 0.226 e. The van der Waals surface area contributed by atoms with Gasteiger partial charge in [0.2, 0.25) is 5.95 Å². The number of nitrogens with zero attached hydrogens (tertiary/aromatic N) is 3. The molecule has 0 amide bonds. The van der Waals surface area contributed by atoms with E-state index in [1.54, 1.807) is 0 Å². The average molecular weight is 306 g/mol. The van der Waals surface area contributed by atoms with Crippen LogP contribution >= 0.6 is 15.9 Å². The molecule has 4 rings (SSSR count). The van der Waals surface area contributed by atoms with Gasteiger partial charge in [0.25, 0.3) is 0 Å². The Morgan fingerprint density at radius 3 is 2.89 bits per heavy atom. The number of hydrogen-bond donors (Lipinski definition) is 0. The van der Waals surface area contributed by atoms with E-state index in [2.05, 4.69) is 30.8 Å². The van der Waals surface area contributed by atoms with Crippen molar-refractivity contribution in [2.75, 3.05) is 18.1 Å². The first-order valence-corrected chi connectivity index (χ1v) is 6.89. The van der Waals surface area contributed by atoms with Gasteiger partial charge in [-0.15, -0.1) is 0 Å². The van der Waals surface area contributed by atoms with Gasteiger partial charge in [0, 0.05) is 16.1 Å². The fourth-order valence-corrected chi connectivity index (χ4v) is 3.16. The molecule has 4 nitrogen and oxygen atoms in total. The second-order valence-corrected chi connectivity index (χ2v) is 5.78. The summed E-state index contributed by atoms with van der Waals surface area (Å²) in [6.45, 7) is 1.61. The lowest BCUT2D eigenvalue weighted by atomic mass is 9.92. The van der Waals surface area contributed by atoms with E-state index in [1.165, 1.54) is 6.42 Å². The number of fused-ring (bicyclic) bond motifs is 3. The molecular formula is C13H12BrN3O. The molecule has 2 aliphatic heterocycles. The standard InChI is InChI=1S/C13H12BrN3O/c14-9-1-2-12-8(3-9)5-15-13(16-12)17-10-4-11(17)7-18-6-10/h1-3,5,10-11H,4,6-7H2. The summed E-state index contributed by atoms with van der Waals surface area (Å²) in [5, 5.41) is 1.06. The van der Waals surface area contributed by atoms with Gasteiger partial charge in [-0.3, -0.25) is 0 Å². The summed E-state index contributed by atoms with van der Waals surface area (Å²) in [6.07, 6.45) is 3.11. The molecule has 0 spiro atoms. The molecule has 2 bridgehead atoms. The number of aromatic nitrogens is 2. The smallest absolute Gasteiger partial charge is 0.226 e. The van der Waals surface area contributed by atoms with Crippen LogP contribution in [-0.4, -0.2) is 35.3 Å². The fourth-order valence-electron chi connectivity index (χ4n) is 2.78. The molecule has 0 aliphatic carbocycles. The zero-order valence-corrected chi connectivity index (χ0v) is 11.3. The number of rotatable bonds is 1. The Hall–Kier alpha value is -1.20. The Kier molecular flexibility index (Phi) is 2.32. The van der Waals surface area contributed by atoms with Crippen LogP contribution in [0.5, 0.6) is 0 Å². The summed E-state index contributed by atoms with van der Waals surface area (Å²) in [5.74, 6) is 0.842. The van der Waals surface area contributed by atoms with Gasteiger partial charge >= 0.3 is 0 Å². The Bertz CT molecular complexity index is 604. The molecule has 2 fully saturated rings. The third-order valence-corrected chi connectivity index (χ3v) is 4.20. The molecule has 2 unspecified atom stereocenters. The minimum atomic E-state index is 0.469. The van der Waals surface area contributed by atoms with Crippen molar-refractivity contribution in [2.24, 2.45) is 0 Å². The summed E-state index contributed by atoms with van der Waals surface area (Å²) in [7, 11) is 0. The maximum atomic E-state index is 5.48. The molecule has 2 atom stereocenters. The molecule has 1 aromatic heterocycles. The Morgan fingerprint density at radius 1 is 1.28 bits per heavy atom.